The quantitative estimate of drug-likeness (QED) is 0.562. The molecule has 0 aliphatic heterocycles. The van der Waals surface area contributed by atoms with Crippen LogP contribution in [0, 0.1) is 11.3 Å². The number of ether oxygens (including phenoxy) is 1. The minimum atomic E-state index is -0.400. The third kappa shape index (κ3) is 4.42. The number of carbonyl (C=O) groups excluding carboxylic acids is 2. The van der Waals surface area contributed by atoms with E-state index in [0.29, 0.717) is 22.4 Å². The van der Waals surface area contributed by atoms with Crippen LogP contribution >= 0.6 is 11.3 Å². The number of thiophene rings is 1. The molecule has 1 heterocycles. The summed E-state index contributed by atoms with van der Waals surface area (Å²) in [5.74, 6) is -0.761. The van der Waals surface area contributed by atoms with Gasteiger partial charge in [0.05, 0.1) is 18.6 Å². The van der Waals surface area contributed by atoms with Crippen molar-refractivity contribution in [3.63, 3.8) is 0 Å². The Kier molecular flexibility index (Phi) is 6.65. The van der Waals surface area contributed by atoms with E-state index in [1.165, 1.54) is 11.3 Å². The Morgan fingerprint density at radius 3 is 2.07 bits per heavy atom. The number of nitrogens with zero attached hydrogens (tertiary/aromatic N) is 1. The van der Waals surface area contributed by atoms with E-state index in [-0.39, 0.29) is 18.9 Å². The van der Waals surface area contributed by atoms with E-state index in [1.807, 2.05) is 55.5 Å². The summed E-state index contributed by atoms with van der Waals surface area (Å²) >= 11 is 1.33. The highest BCUT2D eigenvalue weighted by Gasteiger charge is 2.24. The molecular formula is C24H22N2O3S. The molecule has 3 rings (SSSR count). The molecule has 0 saturated carbocycles. The zero-order valence-electron chi connectivity index (χ0n) is 16.9. The molecule has 5 nitrogen and oxygen atoms in total. The fourth-order valence-electron chi connectivity index (χ4n) is 3.31. The van der Waals surface area contributed by atoms with Gasteiger partial charge in [-0.2, -0.15) is 5.26 Å². The highest BCUT2D eigenvalue weighted by molar-refractivity contribution is 7.14. The number of nitrogens with two attached hydrogens (primary N) is 1. The van der Waals surface area contributed by atoms with Crippen molar-refractivity contribution in [2.45, 2.75) is 26.7 Å². The second kappa shape index (κ2) is 9.38. The summed E-state index contributed by atoms with van der Waals surface area (Å²) < 4.78 is 5.21. The minimum Gasteiger partial charge on any atom is -0.462 e. The third-order valence-electron chi connectivity index (χ3n) is 4.71. The van der Waals surface area contributed by atoms with Gasteiger partial charge < -0.3 is 10.5 Å². The maximum atomic E-state index is 12.5. The van der Waals surface area contributed by atoms with Gasteiger partial charge in [0, 0.05) is 10.4 Å². The fourth-order valence-corrected chi connectivity index (χ4v) is 4.41. The zero-order chi connectivity index (χ0) is 21.7. The lowest BCUT2D eigenvalue weighted by atomic mass is 9.96. The second-order valence-corrected chi connectivity index (χ2v) is 7.81. The van der Waals surface area contributed by atoms with Crippen LogP contribution in [0.2, 0.25) is 0 Å². The molecule has 0 fully saturated rings. The molecule has 0 spiro atoms. The van der Waals surface area contributed by atoms with Crippen LogP contribution in [0.4, 0.5) is 0 Å². The SMILES string of the molecule is CCOC(=O)c1sc(CC)c(C#N)c1-c1ccc(-c2ccc(CC(N)=O)cc2)cc1. The van der Waals surface area contributed by atoms with Crippen molar-refractivity contribution in [2.24, 2.45) is 5.73 Å². The van der Waals surface area contributed by atoms with E-state index >= 15 is 0 Å². The Bertz CT molecular complexity index is 1110. The average Bonchev–Trinajstić information content (AvgIpc) is 3.13. The Morgan fingerprint density at radius 1 is 1.00 bits per heavy atom. The van der Waals surface area contributed by atoms with Gasteiger partial charge in [-0.25, -0.2) is 4.79 Å². The number of hydrogen-bond acceptors (Lipinski definition) is 5. The Balaban J connectivity index is 1.98. The first-order valence-electron chi connectivity index (χ1n) is 9.69. The molecule has 0 aliphatic rings. The normalized spacial score (nSPS) is 10.4. The lowest BCUT2D eigenvalue weighted by molar-refractivity contribution is -0.117. The molecule has 2 N–H and O–H groups in total. The van der Waals surface area contributed by atoms with Crippen LogP contribution < -0.4 is 5.73 Å². The smallest absolute Gasteiger partial charge is 0.348 e. The minimum absolute atomic E-state index is 0.213. The molecule has 0 aliphatic carbocycles. The lowest BCUT2D eigenvalue weighted by Crippen LogP contribution is -2.13. The standard InChI is InChI=1S/C24H22N2O3S/c1-3-20-19(14-25)22(23(30-20)24(28)29-4-2)18-11-9-17(10-12-18)16-7-5-15(6-8-16)13-21(26)27/h5-12H,3-4,13H2,1-2H3,(H2,26,27). The topological polar surface area (TPSA) is 93.2 Å². The van der Waals surface area contributed by atoms with Crippen molar-refractivity contribution < 1.29 is 14.3 Å². The van der Waals surface area contributed by atoms with Gasteiger partial charge in [-0.05, 0) is 35.6 Å². The van der Waals surface area contributed by atoms with E-state index < -0.39 is 5.97 Å². The molecule has 0 radical (unpaired) electrons. The number of primary amides is 1. The zero-order valence-corrected chi connectivity index (χ0v) is 17.7. The highest BCUT2D eigenvalue weighted by Crippen LogP contribution is 2.38. The summed E-state index contributed by atoms with van der Waals surface area (Å²) in [5.41, 5.74) is 10.1. The Labute approximate surface area is 179 Å². The number of benzene rings is 2. The van der Waals surface area contributed by atoms with Gasteiger partial charge in [-0.15, -0.1) is 11.3 Å². The molecule has 0 saturated heterocycles. The molecule has 30 heavy (non-hydrogen) atoms. The molecule has 0 atom stereocenters. The number of hydrogen-bond donors (Lipinski definition) is 1. The van der Waals surface area contributed by atoms with E-state index in [0.717, 1.165) is 27.1 Å². The number of amides is 1. The van der Waals surface area contributed by atoms with Crippen molar-refractivity contribution in [2.75, 3.05) is 6.61 Å². The Hall–Kier alpha value is -3.43. The van der Waals surface area contributed by atoms with Crippen LogP contribution in [0.3, 0.4) is 0 Å². The van der Waals surface area contributed by atoms with E-state index in [2.05, 4.69) is 6.07 Å². The van der Waals surface area contributed by atoms with Gasteiger partial charge in [0.15, 0.2) is 0 Å². The third-order valence-corrected chi connectivity index (χ3v) is 6.03. The van der Waals surface area contributed by atoms with Crippen molar-refractivity contribution in [1.29, 1.82) is 5.26 Å². The largest absolute Gasteiger partial charge is 0.462 e. The lowest BCUT2D eigenvalue weighted by Gasteiger charge is -2.08. The molecular weight excluding hydrogens is 396 g/mol. The van der Waals surface area contributed by atoms with Gasteiger partial charge in [0.25, 0.3) is 0 Å². The van der Waals surface area contributed by atoms with Crippen LogP contribution in [0.5, 0.6) is 0 Å². The first-order valence-corrected chi connectivity index (χ1v) is 10.5. The number of aryl methyl sites for hydroxylation is 1. The van der Waals surface area contributed by atoms with Crippen molar-refractivity contribution >= 4 is 23.2 Å². The fraction of sp³-hybridized carbons (Fsp3) is 0.208. The number of esters is 1. The summed E-state index contributed by atoms with van der Waals surface area (Å²) in [6, 6.07) is 17.7. The predicted molar refractivity (Wildman–Crippen MR) is 118 cm³/mol. The van der Waals surface area contributed by atoms with Crippen LogP contribution in [0.15, 0.2) is 48.5 Å². The summed E-state index contributed by atoms with van der Waals surface area (Å²) in [4.78, 5) is 24.9. The summed E-state index contributed by atoms with van der Waals surface area (Å²) in [5, 5.41) is 9.71. The molecule has 1 aromatic heterocycles. The molecule has 0 bridgehead atoms. The van der Waals surface area contributed by atoms with E-state index in [9.17, 15) is 14.9 Å². The first kappa shape index (κ1) is 21.3. The maximum absolute atomic E-state index is 12.5. The predicted octanol–water partition coefficient (Wildman–Crippen LogP) is 4.72. The van der Waals surface area contributed by atoms with Gasteiger partial charge in [-0.3, -0.25) is 4.79 Å². The molecule has 1 amide bonds. The van der Waals surface area contributed by atoms with Crippen molar-refractivity contribution in [1.82, 2.24) is 0 Å². The second-order valence-electron chi connectivity index (χ2n) is 6.71. The van der Waals surface area contributed by atoms with Crippen LogP contribution in [-0.2, 0) is 22.4 Å². The van der Waals surface area contributed by atoms with Gasteiger partial charge in [0.2, 0.25) is 5.91 Å². The monoisotopic (exact) mass is 418 g/mol. The Morgan fingerprint density at radius 2 is 1.57 bits per heavy atom. The van der Waals surface area contributed by atoms with Gasteiger partial charge >= 0.3 is 5.97 Å². The molecule has 0 unspecified atom stereocenters. The number of carbonyl (C=O) groups is 2. The van der Waals surface area contributed by atoms with Crippen molar-refractivity contribution in [3.05, 3.63) is 69.4 Å². The highest BCUT2D eigenvalue weighted by atomic mass is 32.1. The van der Waals surface area contributed by atoms with Crippen LogP contribution in [0.1, 0.15) is 39.5 Å². The van der Waals surface area contributed by atoms with Gasteiger partial charge in [-0.1, -0.05) is 55.5 Å². The van der Waals surface area contributed by atoms with E-state index in [1.54, 1.807) is 6.92 Å². The summed E-state index contributed by atoms with van der Waals surface area (Å²) in [7, 11) is 0. The average molecular weight is 419 g/mol. The number of rotatable bonds is 7. The summed E-state index contributed by atoms with van der Waals surface area (Å²) in [6.45, 7) is 4.02. The molecule has 3 aromatic rings. The molecule has 6 heteroatoms. The van der Waals surface area contributed by atoms with Gasteiger partial charge in [0.1, 0.15) is 10.9 Å². The maximum Gasteiger partial charge on any atom is 0.348 e. The van der Waals surface area contributed by atoms with Crippen molar-refractivity contribution in [3.8, 4) is 28.3 Å². The molecule has 2 aromatic carbocycles. The van der Waals surface area contributed by atoms with E-state index in [4.69, 9.17) is 10.5 Å². The summed E-state index contributed by atoms with van der Waals surface area (Å²) in [6.07, 6.45) is 0.889. The van der Waals surface area contributed by atoms with Crippen LogP contribution in [-0.4, -0.2) is 18.5 Å². The number of nitriles is 1. The van der Waals surface area contributed by atoms with Crippen LogP contribution in [0.25, 0.3) is 22.3 Å². The molecule has 152 valence electrons. The first-order chi connectivity index (χ1) is 14.5.